The van der Waals surface area contributed by atoms with E-state index in [9.17, 15) is 19.2 Å². The molecule has 2 saturated heterocycles. The number of carbonyl (C=O) groups excluding carboxylic acids is 4. The second kappa shape index (κ2) is 14.5. The molecule has 14 nitrogen and oxygen atoms in total. The van der Waals surface area contributed by atoms with Crippen LogP contribution in [0.2, 0.25) is 0 Å². The van der Waals surface area contributed by atoms with Crippen LogP contribution >= 0.6 is 0 Å². The molecule has 0 radical (unpaired) electrons. The Balaban J connectivity index is 1.07. The fourth-order valence-electron chi connectivity index (χ4n) is 5.40. The molecule has 4 N–H and O–H groups in total. The van der Waals surface area contributed by atoms with Gasteiger partial charge in [0.15, 0.2) is 5.76 Å². The van der Waals surface area contributed by atoms with Gasteiger partial charge in [-0.25, -0.2) is 24.2 Å². The van der Waals surface area contributed by atoms with Gasteiger partial charge in [-0.2, -0.15) is 0 Å². The van der Waals surface area contributed by atoms with E-state index in [0.717, 1.165) is 11.1 Å². The highest BCUT2D eigenvalue weighted by Gasteiger charge is 2.32. The number of rotatable bonds is 6. The van der Waals surface area contributed by atoms with Gasteiger partial charge in [-0.15, -0.1) is 0 Å². The zero-order chi connectivity index (χ0) is 35.3. The number of nitrogens with zero attached hydrogens (tertiary/aromatic N) is 3. The topological polar surface area (TPSA) is 167 Å². The second-order valence-corrected chi connectivity index (χ2v) is 14.2. The minimum absolute atomic E-state index is 0.169. The van der Waals surface area contributed by atoms with Crippen molar-refractivity contribution in [1.29, 1.82) is 0 Å². The van der Waals surface area contributed by atoms with E-state index in [2.05, 4.69) is 26.3 Å². The van der Waals surface area contributed by atoms with Crippen LogP contribution in [0.3, 0.4) is 0 Å². The summed E-state index contributed by atoms with van der Waals surface area (Å²) in [5.74, 6) is 0.968. The summed E-state index contributed by atoms with van der Waals surface area (Å²) in [6.07, 6.45) is 2.15. The third kappa shape index (κ3) is 10.1. The number of amides is 6. The summed E-state index contributed by atoms with van der Waals surface area (Å²) in [7, 11) is 0. The lowest BCUT2D eigenvalue weighted by Gasteiger charge is -2.24. The average molecular weight is 676 g/mol. The van der Waals surface area contributed by atoms with Crippen molar-refractivity contribution in [3.05, 3.63) is 54.7 Å². The highest BCUT2D eigenvalue weighted by atomic mass is 16.6. The van der Waals surface area contributed by atoms with Gasteiger partial charge in [-0.1, -0.05) is 0 Å². The Morgan fingerprint density at radius 2 is 1.12 bits per heavy atom. The highest BCUT2D eigenvalue weighted by Crippen LogP contribution is 2.28. The van der Waals surface area contributed by atoms with E-state index in [1.54, 1.807) is 52.4 Å². The fraction of sp³-hybridized carbons (Fsp3) is 0.457. The maximum absolute atomic E-state index is 12.6. The molecule has 2 aliphatic rings. The lowest BCUT2D eigenvalue weighted by molar-refractivity contribution is 0.0281. The van der Waals surface area contributed by atoms with Gasteiger partial charge in [0.05, 0.1) is 6.20 Å². The van der Waals surface area contributed by atoms with Gasteiger partial charge < -0.3 is 45.0 Å². The van der Waals surface area contributed by atoms with Crippen molar-refractivity contribution >= 4 is 35.6 Å². The molecular weight excluding hydrogens is 630 g/mol. The summed E-state index contributed by atoms with van der Waals surface area (Å²) < 4.78 is 16.8. The summed E-state index contributed by atoms with van der Waals surface area (Å²) in [4.78, 5) is 57.4. The number of hydrogen-bond donors (Lipinski definition) is 4. The predicted octanol–water partition coefficient (Wildman–Crippen LogP) is 6.27. The van der Waals surface area contributed by atoms with E-state index in [1.165, 1.54) is 0 Å². The first-order chi connectivity index (χ1) is 23.1. The molecular formula is C35H45N7O7. The van der Waals surface area contributed by atoms with Gasteiger partial charge in [-0.05, 0) is 103 Å². The normalized spacial score (nSPS) is 17.8. The number of oxazole rings is 1. The van der Waals surface area contributed by atoms with Gasteiger partial charge >= 0.3 is 24.2 Å². The fourth-order valence-corrected chi connectivity index (χ4v) is 5.40. The average Bonchev–Trinajstić information content (AvgIpc) is 3.78. The van der Waals surface area contributed by atoms with Crippen LogP contribution in [0.1, 0.15) is 54.4 Å². The third-order valence-corrected chi connectivity index (χ3v) is 7.67. The lowest BCUT2D eigenvalue weighted by atomic mass is 10.2. The standard InChI is InChI=1S/C35H45N7O7/c1-34(2,3)48-32(45)41-17-15-26(20-41)39-30(43)37-24-11-7-22(8-12-24)28-19-36-29(47-28)23-9-13-25(14-10-23)38-31(44)40-27-16-18-42(21-27)33(46)49-35(4,5)6/h7-14,19,26-27H,15-18,20-21H2,1-6H3,(H2,37,39,43)(H2,38,40,44). The van der Waals surface area contributed by atoms with Crippen LogP contribution in [0, 0.1) is 0 Å². The molecule has 14 heteroatoms. The number of nitrogens with one attached hydrogen (secondary N) is 4. The van der Waals surface area contributed by atoms with Crippen molar-refractivity contribution in [3.63, 3.8) is 0 Å². The van der Waals surface area contributed by atoms with E-state index < -0.39 is 11.2 Å². The van der Waals surface area contributed by atoms with Crippen molar-refractivity contribution in [2.45, 2.75) is 77.7 Å². The molecule has 262 valence electrons. The van der Waals surface area contributed by atoms with Crippen LogP contribution in [-0.2, 0) is 9.47 Å². The van der Waals surface area contributed by atoms with E-state index >= 15 is 0 Å². The summed E-state index contributed by atoms with van der Waals surface area (Å²) in [5, 5.41) is 11.5. The summed E-state index contributed by atoms with van der Waals surface area (Å²) in [5.41, 5.74) is 1.56. The number of hydrogen-bond acceptors (Lipinski definition) is 8. The van der Waals surface area contributed by atoms with Crippen LogP contribution in [0.15, 0.2) is 59.1 Å². The zero-order valence-corrected chi connectivity index (χ0v) is 28.8. The molecule has 1 aromatic heterocycles. The molecule has 2 aromatic carbocycles. The molecule has 0 bridgehead atoms. The molecule has 2 fully saturated rings. The van der Waals surface area contributed by atoms with Crippen molar-refractivity contribution in [1.82, 2.24) is 25.4 Å². The van der Waals surface area contributed by atoms with Gasteiger partial charge in [0.1, 0.15) is 11.2 Å². The van der Waals surface area contributed by atoms with Gasteiger partial charge in [0.2, 0.25) is 5.89 Å². The van der Waals surface area contributed by atoms with Crippen molar-refractivity contribution in [2.24, 2.45) is 0 Å². The molecule has 0 spiro atoms. The summed E-state index contributed by atoms with van der Waals surface area (Å²) in [6, 6.07) is 13.2. The monoisotopic (exact) mass is 675 g/mol. The third-order valence-electron chi connectivity index (χ3n) is 7.67. The molecule has 0 saturated carbocycles. The molecule has 6 amide bonds. The van der Waals surface area contributed by atoms with E-state index in [1.807, 2.05) is 53.7 Å². The van der Waals surface area contributed by atoms with Crippen LogP contribution in [-0.4, -0.2) is 88.5 Å². The summed E-state index contributed by atoms with van der Waals surface area (Å²) >= 11 is 0. The Morgan fingerprint density at radius 3 is 1.55 bits per heavy atom. The predicted molar refractivity (Wildman–Crippen MR) is 184 cm³/mol. The Kier molecular flexibility index (Phi) is 10.3. The number of anilines is 2. The molecule has 2 unspecified atom stereocenters. The SMILES string of the molecule is CC(C)(C)OC(=O)N1CCC(NC(=O)Nc2ccc(-c3cnc(-c4ccc(NC(=O)NC5CCN(C(=O)OC(C)(C)C)C5)cc4)o3)cc2)C1. The van der Waals surface area contributed by atoms with Crippen LogP contribution in [0.25, 0.3) is 22.8 Å². The molecule has 0 aliphatic carbocycles. The highest BCUT2D eigenvalue weighted by molar-refractivity contribution is 5.90. The lowest BCUT2D eigenvalue weighted by Crippen LogP contribution is -2.41. The smallest absolute Gasteiger partial charge is 0.410 e. The molecule has 3 heterocycles. The molecule has 2 atom stereocenters. The number of likely N-dealkylation sites (tertiary alicyclic amines) is 2. The molecule has 2 aliphatic heterocycles. The minimum Gasteiger partial charge on any atom is -0.444 e. The minimum atomic E-state index is -0.573. The maximum Gasteiger partial charge on any atom is 0.410 e. The molecule has 3 aromatic rings. The molecule has 5 rings (SSSR count). The van der Waals surface area contributed by atoms with E-state index in [-0.39, 0.29) is 36.3 Å². The van der Waals surface area contributed by atoms with E-state index in [0.29, 0.717) is 62.0 Å². The first-order valence-corrected chi connectivity index (χ1v) is 16.4. The molecule has 49 heavy (non-hydrogen) atoms. The number of carbonyl (C=O) groups is 4. The first-order valence-electron chi connectivity index (χ1n) is 16.4. The second-order valence-electron chi connectivity index (χ2n) is 14.2. The van der Waals surface area contributed by atoms with Crippen molar-refractivity contribution in [3.8, 4) is 22.8 Å². The van der Waals surface area contributed by atoms with Gasteiger partial charge in [0, 0.05) is 60.8 Å². The van der Waals surface area contributed by atoms with Crippen molar-refractivity contribution < 1.29 is 33.1 Å². The zero-order valence-electron chi connectivity index (χ0n) is 28.8. The largest absolute Gasteiger partial charge is 0.444 e. The van der Waals surface area contributed by atoms with Crippen LogP contribution in [0.4, 0.5) is 30.6 Å². The maximum atomic E-state index is 12.6. The van der Waals surface area contributed by atoms with Gasteiger partial charge in [0.25, 0.3) is 0 Å². The number of benzene rings is 2. The number of aromatic nitrogens is 1. The van der Waals surface area contributed by atoms with Crippen LogP contribution < -0.4 is 21.3 Å². The van der Waals surface area contributed by atoms with E-state index in [4.69, 9.17) is 13.9 Å². The Hall–Kier alpha value is -5.27. The Morgan fingerprint density at radius 1 is 0.694 bits per heavy atom. The summed E-state index contributed by atoms with van der Waals surface area (Å²) in [6.45, 7) is 12.7. The Labute approximate surface area is 285 Å². The quantitative estimate of drug-likeness (QED) is 0.237. The number of urea groups is 2. The number of ether oxygens (including phenoxy) is 2. The van der Waals surface area contributed by atoms with Gasteiger partial charge in [-0.3, -0.25) is 0 Å². The Bertz CT molecular complexity index is 1520. The first kappa shape index (κ1) is 35.0. The van der Waals surface area contributed by atoms with Crippen molar-refractivity contribution in [2.75, 3.05) is 36.8 Å². The van der Waals surface area contributed by atoms with Crippen LogP contribution in [0.5, 0.6) is 0 Å².